The lowest BCUT2D eigenvalue weighted by atomic mass is 10.2. The Bertz CT molecular complexity index is 971. The van der Waals surface area contributed by atoms with E-state index in [1.807, 2.05) is 12.1 Å². The number of nitrogens with zero attached hydrogens (tertiary/aromatic N) is 3. The van der Waals surface area contributed by atoms with Crippen molar-refractivity contribution in [3.8, 4) is 17.3 Å². The van der Waals surface area contributed by atoms with Crippen molar-refractivity contribution in [1.29, 1.82) is 0 Å². The predicted octanol–water partition coefficient (Wildman–Crippen LogP) is 1.44. The van der Waals surface area contributed by atoms with E-state index in [1.54, 1.807) is 30.5 Å². The average Bonchev–Trinajstić information content (AvgIpc) is 3.36. The number of nitrogens with one attached hydrogen (secondary N) is 1. The molecule has 0 aliphatic carbocycles. The minimum absolute atomic E-state index is 0.0588. The number of thioether (sulfide) groups is 1. The molecule has 9 nitrogen and oxygen atoms in total. The molecule has 1 aromatic carbocycles. The fraction of sp³-hybridized carbons (Fsp3) is 0.176. The highest BCUT2D eigenvalue weighted by Crippen LogP contribution is 2.34. The maximum atomic E-state index is 12.7. The van der Waals surface area contributed by atoms with Gasteiger partial charge in [0.2, 0.25) is 5.91 Å². The van der Waals surface area contributed by atoms with Gasteiger partial charge in [0.25, 0.3) is 17.0 Å². The number of carbonyl (C=O) groups excluding carboxylic acids is 2. The van der Waals surface area contributed by atoms with Crippen LogP contribution in [0.1, 0.15) is 0 Å². The number of H-pyrrole nitrogens is 1. The minimum Gasteiger partial charge on any atom is -0.477 e. The van der Waals surface area contributed by atoms with Crippen molar-refractivity contribution in [3.63, 3.8) is 0 Å². The lowest BCUT2D eigenvalue weighted by Gasteiger charge is -2.33. The standard InChI is InChI=1S/C17H15N5O4S/c18-15(24)13-8-22(11-5-1-2-6-12(11)25-13)14(23)9-27-17-21-20-16(26-17)10-4-3-7-19-10/h1-7,13,19H,8-9H2,(H2,18,24). The van der Waals surface area contributed by atoms with Crippen molar-refractivity contribution in [2.45, 2.75) is 11.3 Å². The number of carbonyl (C=O) groups is 2. The zero-order valence-electron chi connectivity index (χ0n) is 14.0. The van der Waals surface area contributed by atoms with Gasteiger partial charge in [0.1, 0.15) is 11.4 Å². The number of rotatable bonds is 5. The second-order valence-corrected chi connectivity index (χ2v) is 6.65. The van der Waals surface area contributed by atoms with Crippen LogP contribution in [0.15, 0.2) is 52.2 Å². The number of amides is 2. The molecule has 4 rings (SSSR count). The summed E-state index contributed by atoms with van der Waals surface area (Å²) in [6, 6.07) is 10.6. The Hall–Kier alpha value is -3.27. The number of ether oxygens (including phenoxy) is 1. The van der Waals surface area contributed by atoms with E-state index in [2.05, 4.69) is 15.2 Å². The molecule has 1 aliphatic rings. The summed E-state index contributed by atoms with van der Waals surface area (Å²) in [7, 11) is 0. The first kappa shape index (κ1) is 17.2. The quantitative estimate of drug-likeness (QED) is 0.636. The van der Waals surface area contributed by atoms with Crippen molar-refractivity contribution in [1.82, 2.24) is 15.2 Å². The van der Waals surface area contributed by atoms with Gasteiger partial charge in [0.05, 0.1) is 18.0 Å². The van der Waals surface area contributed by atoms with Gasteiger partial charge < -0.3 is 24.8 Å². The highest BCUT2D eigenvalue weighted by atomic mass is 32.2. The molecule has 2 aromatic heterocycles. The second kappa shape index (κ2) is 7.16. The van der Waals surface area contributed by atoms with Crippen molar-refractivity contribution in [3.05, 3.63) is 42.6 Å². The van der Waals surface area contributed by atoms with Crippen LogP contribution in [-0.2, 0) is 9.59 Å². The smallest absolute Gasteiger partial charge is 0.277 e. The van der Waals surface area contributed by atoms with Gasteiger partial charge in [0, 0.05) is 6.20 Å². The summed E-state index contributed by atoms with van der Waals surface area (Å²) in [6.45, 7) is 0.0588. The maximum Gasteiger partial charge on any atom is 0.277 e. The van der Waals surface area contributed by atoms with Crippen LogP contribution in [0.5, 0.6) is 5.75 Å². The van der Waals surface area contributed by atoms with Crippen LogP contribution in [0.2, 0.25) is 0 Å². The Kier molecular flexibility index (Phi) is 4.55. The molecular formula is C17H15N5O4S. The first-order valence-electron chi connectivity index (χ1n) is 8.07. The fourth-order valence-electron chi connectivity index (χ4n) is 2.66. The number of hydrogen-bond acceptors (Lipinski definition) is 7. The second-order valence-electron chi connectivity index (χ2n) is 5.73. The van der Waals surface area contributed by atoms with Gasteiger partial charge in [-0.25, -0.2) is 0 Å². The molecule has 0 saturated carbocycles. The third-order valence-corrected chi connectivity index (χ3v) is 4.75. The summed E-state index contributed by atoms with van der Waals surface area (Å²) in [4.78, 5) is 28.7. The molecule has 3 N–H and O–H groups in total. The number of para-hydroxylation sites is 2. The predicted molar refractivity (Wildman–Crippen MR) is 97.2 cm³/mol. The van der Waals surface area contributed by atoms with E-state index in [9.17, 15) is 9.59 Å². The SMILES string of the molecule is NC(=O)C1CN(C(=O)CSc2nnc(-c3ccc[nH]3)o2)c2ccccc2O1. The summed E-state index contributed by atoms with van der Waals surface area (Å²) in [6.07, 6.45) is 0.859. The van der Waals surface area contributed by atoms with Crippen molar-refractivity contribution >= 4 is 29.3 Å². The molecular weight excluding hydrogens is 370 g/mol. The summed E-state index contributed by atoms with van der Waals surface area (Å²) in [5.74, 6) is 0.00821. The zero-order chi connectivity index (χ0) is 18.8. The van der Waals surface area contributed by atoms with Gasteiger partial charge in [0.15, 0.2) is 6.10 Å². The van der Waals surface area contributed by atoms with Crippen LogP contribution in [0.25, 0.3) is 11.6 Å². The number of fused-ring (bicyclic) bond motifs is 1. The Morgan fingerprint density at radius 1 is 1.26 bits per heavy atom. The summed E-state index contributed by atoms with van der Waals surface area (Å²) in [5, 5.41) is 8.16. The molecule has 3 heterocycles. The molecule has 1 aliphatic heterocycles. The van der Waals surface area contributed by atoms with E-state index in [0.717, 1.165) is 11.8 Å². The molecule has 1 unspecified atom stereocenters. The molecule has 2 amide bonds. The van der Waals surface area contributed by atoms with Crippen molar-refractivity contribution in [2.24, 2.45) is 5.73 Å². The summed E-state index contributed by atoms with van der Waals surface area (Å²) >= 11 is 1.12. The summed E-state index contributed by atoms with van der Waals surface area (Å²) in [5.41, 5.74) is 6.65. The van der Waals surface area contributed by atoms with Crippen LogP contribution >= 0.6 is 11.8 Å². The molecule has 0 spiro atoms. The number of benzene rings is 1. The number of hydrogen-bond donors (Lipinski definition) is 2. The summed E-state index contributed by atoms with van der Waals surface area (Å²) < 4.78 is 11.1. The van der Waals surface area contributed by atoms with Crippen LogP contribution in [0.3, 0.4) is 0 Å². The van der Waals surface area contributed by atoms with Gasteiger partial charge in [-0.1, -0.05) is 23.9 Å². The third-order valence-electron chi connectivity index (χ3n) is 3.95. The number of aromatic nitrogens is 3. The number of aromatic amines is 1. The van der Waals surface area contributed by atoms with Crippen LogP contribution in [0.4, 0.5) is 5.69 Å². The van der Waals surface area contributed by atoms with Gasteiger partial charge in [-0.05, 0) is 24.3 Å². The number of anilines is 1. The first-order chi connectivity index (χ1) is 13.1. The van der Waals surface area contributed by atoms with Crippen LogP contribution in [-0.4, -0.2) is 45.4 Å². The highest BCUT2D eigenvalue weighted by molar-refractivity contribution is 7.99. The van der Waals surface area contributed by atoms with Gasteiger partial charge >= 0.3 is 0 Å². The highest BCUT2D eigenvalue weighted by Gasteiger charge is 2.32. The third kappa shape index (κ3) is 3.51. The Morgan fingerprint density at radius 2 is 2.11 bits per heavy atom. The van der Waals surface area contributed by atoms with Crippen LogP contribution < -0.4 is 15.4 Å². The molecule has 138 valence electrons. The van der Waals surface area contributed by atoms with Gasteiger partial charge in [-0.2, -0.15) is 0 Å². The largest absolute Gasteiger partial charge is 0.477 e. The van der Waals surface area contributed by atoms with E-state index in [-0.39, 0.29) is 23.4 Å². The van der Waals surface area contributed by atoms with Crippen molar-refractivity contribution < 1.29 is 18.7 Å². The lowest BCUT2D eigenvalue weighted by molar-refractivity contribution is -0.125. The minimum atomic E-state index is -0.892. The molecule has 1 atom stereocenters. The van der Waals surface area contributed by atoms with E-state index in [4.69, 9.17) is 14.9 Å². The topological polar surface area (TPSA) is 127 Å². The lowest BCUT2D eigenvalue weighted by Crippen LogP contribution is -2.49. The monoisotopic (exact) mass is 385 g/mol. The molecule has 0 bridgehead atoms. The van der Waals surface area contributed by atoms with Crippen LogP contribution in [0, 0.1) is 0 Å². The number of nitrogens with two attached hydrogens (primary N) is 1. The Labute approximate surface area is 157 Å². The molecule has 0 radical (unpaired) electrons. The molecule has 10 heteroatoms. The Balaban J connectivity index is 1.47. The van der Waals surface area contributed by atoms with Gasteiger partial charge in [-0.3, -0.25) is 9.59 Å². The molecule has 27 heavy (non-hydrogen) atoms. The fourth-order valence-corrected chi connectivity index (χ4v) is 3.30. The first-order valence-corrected chi connectivity index (χ1v) is 9.06. The van der Waals surface area contributed by atoms with E-state index >= 15 is 0 Å². The number of primary amides is 1. The zero-order valence-corrected chi connectivity index (χ0v) is 14.8. The van der Waals surface area contributed by atoms with E-state index in [0.29, 0.717) is 23.0 Å². The molecule has 0 fully saturated rings. The van der Waals surface area contributed by atoms with Crippen molar-refractivity contribution in [2.75, 3.05) is 17.2 Å². The normalized spacial score (nSPS) is 15.9. The molecule has 3 aromatic rings. The van der Waals surface area contributed by atoms with E-state index in [1.165, 1.54) is 4.90 Å². The van der Waals surface area contributed by atoms with Gasteiger partial charge in [-0.15, -0.1) is 10.2 Å². The average molecular weight is 385 g/mol. The van der Waals surface area contributed by atoms with E-state index < -0.39 is 12.0 Å². The Morgan fingerprint density at radius 3 is 2.89 bits per heavy atom. The maximum absolute atomic E-state index is 12.7. The molecule has 0 saturated heterocycles.